The molecule has 0 N–H and O–H groups in total. The Kier molecular flexibility index (Phi) is 6.09. The predicted molar refractivity (Wildman–Crippen MR) is 83.4 cm³/mol. The third-order valence-corrected chi connectivity index (χ3v) is 3.77. The number of benzene rings is 1. The molecule has 1 atom stereocenters. The van der Waals surface area contributed by atoms with Gasteiger partial charge in [-0.25, -0.2) is 0 Å². The minimum Gasteiger partial charge on any atom is -0.475 e. The zero-order valence-corrected chi connectivity index (χ0v) is 15.1. The minimum absolute atomic E-state index is 0.139. The van der Waals surface area contributed by atoms with Crippen LogP contribution in [0.15, 0.2) is 12.1 Å². The summed E-state index contributed by atoms with van der Waals surface area (Å²) < 4.78 is 98.2. The predicted octanol–water partition coefficient (Wildman–Crippen LogP) is 5.35. The summed E-state index contributed by atoms with van der Waals surface area (Å²) in [5.74, 6) is -2.40. The van der Waals surface area contributed by atoms with Crippen molar-refractivity contribution in [2.75, 3.05) is 7.11 Å². The normalized spacial score (nSPS) is 13.3. The Bertz CT molecular complexity index is 923. The summed E-state index contributed by atoms with van der Waals surface area (Å²) in [5.41, 5.74) is -3.41. The maximum absolute atomic E-state index is 13.4. The lowest BCUT2D eigenvalue weighted by atomic mass is 10.2. The molecule has 0 aliphatic rings. The smallest absolute Gasteiger partial charge is 0.457 e. The fourth-order valence-corrected chi connectivity index (χ4v) is 2.67. The van der Waals surface area contributed by atoms with Gasteiger partial charge in [0.2, 0.25) is 0 Å². The highest BCUT2D eigenvalue weighted by Gasteiger charge is 2.46. The van der Waals surface area contributed by atoms with Crippen molar-refractivity contribution in [1.29, 1.82) is 0 Å². The zero-order chi connectivity index (χ0) is 22.3. The largest absolute Gasteiger partial charge is 0.475 e. The molecule has 0 aliphatic carbocycles. The SMILES string of the molecule is COc1nn(-c2c(Cl)cc(C(F)(F)F)cc2Cl)c(OC(F)C(F)(F)F)c1[N+](=O)[O-]. The van der Waals surface area contributed by atoms with Gasteiger partial charge in [0, 0.05) is 0 Å². The molecule has 0 amide bonds. The molecule has 7 nitrogen and oxygen atoms in total. The standard InChI is InChI=1S/C13H6Cl2F7N3O4/c1-28-9-8(25(26)27)10(29-11(16)13(20,21)22)24(23-9)7-5(14)2-4(3-6(7)15)12(17,18)19/h2-3,11H,1H3. The van der Waals surface area contributed by atoms with Crippen molar-refractivity contribution < 1.29 is 45.1 Å². The Morgan fingerprint density at radius 1 is 1.17 bits per heavy atom. The van der Waals surface area contributed by atoms with E-state index in [0.717, 1.165) is 7.11 Å². The van der Waals surface area contributed by atoms with Gasteiger partial charge < -0.3 is 9.47 Å². The molecular formula is C13H6Cl2F7N3O4. The van der Waals surface area contributed by atoms with E-state index in [1.165, 1.54) is 0 Å². The molecule has 0 radical (unpaired) electrons. The molecule has 16 heteroatoms. The number of hydrogen-bond donors (Lipinski definition) is 0. The van der Waals surface area contributed by atoms with Crippen LogP contribution >= 0.6 is 23.2 Å². The second kappa shape index (κ2) is 7.74. The molecule has 0 saturated heterocycles. The molecule has 0 saturated carbocycles. The number of hydrogen-bond acceptors (Lipinski definition) is 5. The van der Waals surface area contributed by atoms with E-state index in [4.69, 9.17) is 23.2 Å². The molecule has 0 spiro atoms. The van der Waals surface area contributed by atoms with Crippen LogP contribution in [0.1, 0.15) is 5.56 Å². The van der Waals surface area contributed by atoms with E-state index in [-0.39, 0.29) is 4.68 Å². The first-order valence-electron chi connectivity index (χ1n) is 6.94. The first-order chi connectivity index (χ1) is 13.2. The Labute approximate surface area is 165 Å². The number of nitro groups is 1. The van der Waals surface area contributed by atoms with Crippen molar-refractivity contribution in [3.63, 3.8) is 0 Å². The Morgan fingerprint density at radius 2 is 1.69 bits per heavy atom. The summed E-state index contributed by atoms with van der Waals surface area (Å²) in [6.45, 7) is 0. The number of ether oxygens (including phenoxy) is 2. The summed E-state index contributed by atoms with van der Waals surface area (Å²) in [6, 6.07) is 0.673. The van der Waals surface area contributed by atoms with Crippen LogP contribution in [0.25, 0.3) is 5.69 Å². The topological polar surface area (TPSA) is 79.4 Å². The van der Waals surface area contributed by atoms with Gasteiger partial charge in [-0.3, -0.25) is 10.1 Å². The first kappa shape index (κ1) is 22.8. The van der Waals surface area contributed by atoms with Gasteiger partial charge >= 0.3 is 36.2 Å². The highest BCUT2D eigenvalue weighted by atomic mass is 35.5. The molecule has 1 aromatic carbocycles. The molecule has 29 heavy (non-hydrogen) atoms. The van der Waals surface area contributed by atoms with Crippen molar-refractivity contribution in [2.45, 2.75) is 18.7 Å². The molecule has 0 aliphatic heterocycles. The quantitative estimate of drug-likeness (QED) is 0.333. The summed E-state index contributed by atoms with van der Waals surface area (Å²) in [7, 11) is 0.843. The lowest BCUT2D eigenvalue weighted by molar-refractivity contribution is -0.387. The van der Waals surface area contributed by atoms with Gasteiger partial charge in [0.05, 0.1) is 27.6 Å². The average molecular weight is 472 g/mol. The third-order valence-electron chi connectivity index (χ3n) is 3.19. The summed E-state index contributed by atoms with van der Waals surface area (Å²) in [4.78, 5) is 9.91. The third kappa shape index (κ3) is 4.58. The van der Waals surface area contributed by atoms with Crippen LogP contribution in [-0.2, 0) is 6.18 Å². The molecule has 1 aromatic heterocycles. The van der Waals surface area contributed by atoms with E-state index in [9.17, 15) is 40.8 Å². The lowest BCUT2D eigenvalue weighted by Gasteiger charge is -2.16. The van der Waals surface area contributed by atoms with Gasteiger partial charge in [-0.2, -0.15) is 35.4 Å². The zero-order valence-electron chi connectivity index (χ0n) is 13.6. The van der Waals surface area contributed by atoms with E-state index in [2.05, 4.69) is 14.6 Å². The van der Waals surface area contributed by atoms with Crippen LogP contribution in [0, 0.1) is 10.1 Å². The van der Waals surface area contributed by atoms with Gasteiger partial charge in [-0.15, -0.1) is 5.10 Å². The van der Waals surface area contributed by atoms with Gasteiger partial charge in [0.15, 0.2) is 0 Å². The fraction of sp³-hybridized carbons (Fsp3) is 0.308. The number of aromatic nitrogens is 2. The van der Waals surface area contributed by atoms with Crippen LogP contribution in [0.2, 0.25) is 10.0 Å². The number of halogens is 9. The fourth-order valence-electron chi connectivity index (χ4n) is 2.02. The molecule has 2 rings (SSSR count). The first-order valence-corrected chi connectivity index (χ1v) is 7.69. The number of rotatable bonds is 5. The van der Waals surface area contributed by atoms with Crippen molar-refractivity contribution in [3.05, 3.63) is 37.9 Å². The van der Waals surface area contributed by atoms with Crippen molar-refractivity contribution >= 4 is 28.9 Å². The molecule has 160 valence electrons. The average Bonchev–Trinajstić information content (AvgIpc) is 2.90. The summed E-state index contributed by atoms with van der Waals surface area (Å²) in [6.07, 6.45) is -14.5. The molecule has 0 bridgehead atoms. The van der Waals surface area contributed by atoms with E-state index in [0.29, 0.717) is 12.1 Å². The lowest BCUT2D eigenvalue weighted by Crippen LogP contribution is -2.30. The second-order valence-corrected chi connectivity index (χ2v) is 5.91. The second-order valence-electron chi connectivity index (χ2n) is 5.09. The van der Waals surface area contributed by atoms with Gasteiger partial charge in [0.25, 0.3) is 0 Å². The molecule has 1 unspecified atom stereocenters. The summed E-state index contributed by atoms with van der Waals surface area (Å²) >= 11 is 11.5. The molecule has 1 heterocycles. The Hall–Kier alpha value is -2.48. The maximum atomic E-state index is 13.4. The van der Waals surface area contributed by atoms with Crippen LogP contribution in [0.3, 0.4) is 0 Å². The summed E-state index contributed by atoms with van der Waals surface area (Å²) in [5, 5.41) is 13.0. The van der Waals surface area contributed by atoms with Crippen LogP contribution < -0.4 is 9.47 Å². The molecular weight excluding hydrogens is 466 g/mol. The maximum Gasteiger partial charge on any atom is 0.457 e. The number of alkyl halides is 7. The molecule has 0 fully saturated rings. The van der Waals surface area contributed by atoms with E-state index in [1.54, 1.807) is 0 Å². The van der Waals surface area contributed by atoms with Crippen molar-refractivity contribution in [2.24, 2.45) is 0 Å². The van der Waals surface area contributed by atoms with E-state index < -0.39 is 62.4 Å². The monoisotopic (exact) mass is 471 g/mol. The van der Waals surface area contributed by atoms with E-state index >= 15 is 0 Å². The van der Waals surface area contributed by atoms with Crippen LogP contribution in [0.4, 0.5) is 36.4 Å². The van der Waals surface area contributed by atoms with Gasteiger partial charge in [-0.1, -0.05) is 23.2 Å². The van der Waals surface area contributed by atoms with Gasteiger partial charge in [0.1, 0.15) is 5.69 Å². The highest BCUT2D eigenvalue weighted by molar-refractivity contribution is 6.37. The van der Waals surface area contributed by atoms with Crippen LogP contribution in [-0.4, -0.2) is 34.3 Å². The highest BCUT2D eigenvalue weighted by Crippen LogP contribution is 2.44. The van der Waals surface area contributed by atoms with E-state index in [1.807, 2.05) is 0 Å². The Balaban J connectivity index is 2.78. The molecule has 2 aromatic rings. The minimum atomic E-state index is -5.59. The van der Waals surface area contributed by atoms with Crippen molar-refractivity contribution in [1.82, 2.24) is 9.78 Å². The van der Waals surface area contributed by atoms with Crippen LogP contribution in [0.5, 0.6) is 11.8 Å². The van der Waals surface area contributed by atoms with Gasteiger partial charge in [-0.05, 0) is 12.1 Å². The number of methoxy groups -OCH3 is 1. The Morgan fingerprint density at radius 3 is 2.07 bits per heavy atom. The number of nitrogens with zero attached hydrogens (tertiary/aromatic N) is 3. The van der Waals surface area contributed by atoms with Crippen molar-refractivity contribution in [3.8, 4) is 17.4 Å².